The van der Waals surface area contributed by atoms with Gasteiger partial charge in [0.1, 0.15) is 5.82 Å². The lowest BCUT2D eigenvalue weighted by Crippen LogP contribution is -2.41. The van der Waals surface area contributed by atoms with Gasteiger partial charge < -0.3 is 18.8 Å². The number of hydrogen-bond donors (Lipinski definition) is 1. The van der Waals surface area contributed by atoms with Crippen LogP contribution in [0.15, 0.2) is 35.5 Å². The number of likely N-dealkylation sites (tertiary alicyclic amines) is 1. The Morgan fingerprint density at radius 1 is 1.27 bits per heavy atom. The highest BCUT2D eigenvalue weighted by Gasteiger charge is 2.38. The van der Waals surface area contributed by atoms with Crippen LogP contribution < -0.4 is 9.46 Å². The van der Waals surface area contributed by atoms with Gasteiger partial charge in [-0.1, -0.05) is 0 Å². The van der Waals surface area contributed by atoms with Crippen LogP contribution in [0.5, 0.6) is 5.75 Å². The number of nitrogens with one attached hydrogen (secondary N) is 1. The van der Waals surface area contributed by atoms with E-state index in [1.807, 2.05) is 17.8 Å². The number of sulfonamides is 1. The van der Waals surface area contributed by atoms with Crippen molar-refractivity contribution in [1.82, 2.24) is 19.2 Å². The largest absolute Gasteiger partial charge is 0.494 e. The zero-order valence-corrected chi connectivity index (χ0v) is 17.6. The number of rotatable bonds is 6. The third kappa shape index (κ3) is 4.49. The molecule has 164 valence electrons. The van der Waals surface area contributed by atoms with Crippen molar-refractivity contribution in [3.8, 4) is 5.75 Å². The average molecular weight is 440 g/mol. The number of methoxy groups -OCH3 is 1. The van der Waals surface area contributed by atoms with Gasteiger partial charge in [0.15, 0.2) is 11.6 Å². The number of ether oxygens (including phenoxy) is 3. The van der Waals surface area contributed by atoms with Gasteiger partial charge >= 0.3 is 0 Å². The minimum Gasteiger partial charge on any atom is -0.494 e. The maximum atomic E-state index is 13.9. The fraction of sp³-hybridized carbons (Fsp3) is 0.526. The van der Waals surface area contributed by atoms with Crippen molar-refractivity contribution in [3.05, 3.63) is 42.2 Å². The summed E-state index contributed by atoms with van der Waals surface area (Å²) in [7, 11) is -0.652. The number of aryl methyl sites for hydroxylation is 1. The fourth-order valence-corrected chi connectivity index (χ4v) is 4.93. The number of benzene rings is 1. The normalized spacial score (nSPS) is 23.3. The van der Waals surface area contributed by atoms with Crippen LogP contribution in [0.25, 0.3) is 0 Å². The zero-order chi connectivity index (χ0) is 21.3. The van der Waals surface area contributed by atoms with Gasteiger partial charge in [0.2, 0.25) is 10.0 Å². The molecule has 0 unspecified atom stereocenters. The Labute approximate surface area is 174 Å². The van der Waals surface area contributed by atoms with E-state index in [0.717, 1.165) is 11.9 Å². The predicted molar refractivity (Wildman–Crippen MR) is 105 cm³/mol. The standard InChI is InChI=1S/C19H25FN4O5S/c1-23-6-5-21-19(23)10-24-8-17-18(9-24)29-12-13(11-28-17)22-30(25,26)14-3-4-16(27-2)15(20)7-14/h3-7,13,17-18,22H,8-12H2,1-2H3/t17-,18-/m0/s1. The third-order valence-corrected chi connectivity index (χ3v) is 6.87. The van der Waals surface area contributed by atoms with Gasteiger partial charge in [-0.25, -0.2) is 22.5 Å². The van der Waals surface area contributed by atoms with E-state index in [1.54, 1.807) is 6.20 Å². The fourth-order valence-electron chi connectivity index (χ4n) is 3.71. The van der Waals surface area contributed by atoms with E-state index >= 15 is 0 Å². The van der Waals surface area contributed by atoms with Crippen molar-refractivity contribution < 1.29 is 27.0 Å². The predicted octanol–water partition coefficient (Wildman–Crippen LogP) is 0.515. The van der Waals surface area contributed by atoms with E-state index in [0.29, 0.717) is 19.6 Å². The lowest BCUT2D eigenvalue weighted by Gasteiger charge is -2.19. The summed E-state index contributed by atoms with van der Waals surface area (Å²) >= 11 is 0. The average Bonchev–Trinajstić information content (AvgIpc) is 3.24. The van der Waals surface area contributed by atoms with Crippen molar-refractivity contribution in [3.63, 3.8) is 0 Å². The molecule has 4 rings (SSSR count). The molecule has 0 bridgehead atoms. The van der Waals surface area contributed by atoms with Crippen molar-refractivity contribution in [2.75, 3.05) is 33.4 Å². The molecule has 2 aliphatic heterocycles. The first kappa shape index (κ1) is 21.2. The molecule has 0 aliphatic carbocycles. The van der Waals surface area contributed by atoms with Gasteiger partial charge in [-0.2, -0.15) is 0 Å². The van der Waals surface area contributed by atoms with Crippen LogP contribution in [0.3, 0.4) is 0 Å². The van der Waals surface area contributed by atoms with E-state index in [-0.39, 0.29) is 36.1 Å². The minimum atomic E-state index is -3.92. The van der Waals surface area contributed by atoms with E-state index in [1.165, 1.54) is 19.2 Å². The highest BCUT2D eigenvalue weighted by atomic mass is 32.2. The van der Waals surface area contributed by atoms with E-state index in [4.69, 9.17) is 14.2 Å². The topological polar surface area (TPSA) is 94.9 Å². The number of aromatic nitrogens is 2. The molecule has 2 aliphatic rings. The van der Waals surface area contributed by atoms with Crippen LogP contribution in [-0.4, -0.2) is 74.5 Å². The molecule has 9 nitrogen and oxygen atoms in total. The summed E-state index contributed by atoms with van der Waals surface area (Å²) in [6.45, 7) is 2.41. The van der Waals surface area contributed by atoms with E-state index in [9.17, 15) is 12.8 Å². The second-order valence-electron chi connectivity index (χ2n) is 7.51. The Morgan fingerprint density at radius 3 is 2.53 bits per heavy atom. The van der Waals surface area contributed by atoms with Crippen LogP contribution in [0.4, 0.5) is 4.39 Å². The number of halogens is 1. The van der Waals surface area contributed by atoms with Gasteiger partial charge in [-0.15, -0.1) is 0 Å². The molecule has 1 aromatic heterocycles. The summed E-state index contributed by atoms with van der Waals surface area (Å²) in [5, 5.41) is 0. The van der Waals surface area contributed by atoms with Crippen molar-refractivity contribution >= 4 is 10.0 Å². The molecule has 30 heavy (non-hydrogen) atoms. The van der Waals surface area contributed by atoms with Gasteiger partial charge in [-0.3, -0.25) is 4.90 Å². The SMILES string of the molecule is COc1ccc(S(=O)(=O)NC2CO[C@H]3CN(Cc4nccn4C)C[C@@H]3OC2)cc1F. The maximum absolute atomic E-state index is 13.9. The van der Waals surface area contributed by atoms with Crippen LogP contribution in [0, 0.1) is 5.82 Å². The molecule has 2 atom stereocenters. The summed E-state index contributed by atoms with van der Waals surface area (Å²) < 4.78 is 60.4. The first-order valence-corrected chi connectivity index (χ1v) is 11.1. The highest BCUT2D eigenvalue weighted by Crippen LogP contribution is 2.23. The van der Waals surface area contributed by atoms with Crippen molar-refractivity contribution in [2.24, 2.45) is 7.05 Å². The summed E-state index contributed by atoms with van der Waals surface area (Å²) in [5.41, 5.74) is 0. The molecule has 0 saturated carbocycles. The monoisotopic (exact) mass is 440 g/mol. The number of fused-ring (bicyclic) bond motifs is 1. The number of nitrogens with zero attached hydrogens (tertiary/aromatic N) is 3. The first-order chi connectivity index (χ1) is 14.4. The van der Waals surface area contributed by atoms with Crippen LogP contribution >= 0.6 is 0 Å². The molecule has 2 saturated heterocycles. The number of imidazole rings is 1. The minimum absolute atomic E-state index is 0.0157. The molecule has 0 amide bonds. The Kier molecular flexibility index (Phi) is 6.07. The molecule has 1 N–H and O–H groups in total. The maximum Gasteiger partial charge on any atom is 0.241 e. The smallest absolute Gasteiger partial charge is 0.241 e. The third-order valence-electron chi connectivity index (χ3n) is 5.36. The van der Waals surface area contributed by atoms with Gasteiger partial charge in [0, 0.05) is 32.5 Å². The molecule has 0 radical (unpaired) electrons. The summed E-state index contributed by atoms with van der Waals surface area (Å²) in [4.78, 5) is 6.38. The second-order valence-corrected chi connectivity index (χ2v) is 9.22. The highest BCUT2D eigenvalue weighted by molar-refractivity contribution is 7.89. The number of hydrogen-bond acceptors (Lipinski definition) is 7. The van der Waals surface area contributed by atoms with Crippen LogP contribution in [-0.2, 0) is 33.1 Å². The first-order valence-electron chi connectivity index (χ1n) is 9.63. The van der Waals surface area contributed by atoms with Gasteiger partial charge in [-0.05, 0) is 18.2 Å². The van der Waals surface area contributed by atoms with E-state index < -0.39 is 21.9 Å². The quantitative estimate of drug-likeness (QED) is 0.700. The van der Waals surface area contributed by atoms with E-state index in [2.05, 4.69) is 14.6 Å². The summed E-state index contributed by atoms with van der Waals surface area (Å²) in [5.74, 6) is 0.206. The molecule has 0 spiro atoms. The zero-order valence-electron chi connectivity index (χ0n) is 16.8. The molecular weight excluding hydrogens is 415 g/mol. The van der Waals surface area contributed by atoms with Gasteiger partial charge in [0.05, 0.1) is 50.0 Å². The summed E-state index contributed by atoms with van der Waals surface area (Å²) in [6.07, 6.45) is 3.39. The molecule has 1 aromatic carbocycles. The molecule has 2 aromatic rings. The molecule has 3 heterocycles. The lowest BCUT2D eigenvalue weighted by molar-refractivity contribution is -0.00461. The molecular formula is C19H25FN4O5S. The molecule has 11 heteroatoms. The Morgan fingerprint density at radius 2 is 1.97 bits per heavy atom. The Bertz CT molecular complexity index is 983. The molecule has 2 fully saturated rings. The summed E-state index contributed by atoms with van der Waals surface area (Å²) in [6, 6.07) is 2.95. The van der Waals surface area contributed by atoms with Crippen molar-refractivity contribution in [2.45, 2.75) is 29.7 Å². The van der Waals surface area contributed by atoms with Gasteiger partial charge in [0.25, 0.3) is 0 Å². The second kappa shape index (κ2) is 8.60. The Balaban J connectivity index is 1.35. The Hall–Kier alpha value is -2.05. The van der Waals surface area contributed by atoms with Crippen LogP contribution in [0.2, 0.25) is 0 Å². The lowest BCUT2D eigenvalue weighted by atomic mass is 10.3. The van der Waals surface area contributed by atoms with Crippen LogP contribution in [0.1, 0.15) is 5.82 Å². The van der Waals surface area contributed by atoms with Crippen molar-refractivity contribution in [1.29, 1.82) is 0 Å².